The second kappa shape index (κ2) is 8.41. The first kappa shape index (κ1) is 18.8. The van der Waals surface area contributed by atoms with Gasteiger partial charge in [-0.25, -0.2) is 0 Å². The molecular weight excluding hydrogens is 296 g/mol. The van der Waals surface area contributed by atoms with Crippen LogP contribution in [0.25, 0.3) is 0 Å². The molecule has 0 aliphatic heterocycles. The quantitative estimate of drug-likeness (QED) is 0.831. The van der Waals surface area contributed by atoms with Crippen molar-refractivity contribution in [3.63, 3.8) is 0 Å². The molecule has 1 aromatic carbocycles. The van der Waals surface area contributed by atoms with E-state index in [0.717, 1.165) is 5.56 Å². The van der Waals surface area contributed by atoms with Crippen LogP contribution in [-0.2, 0) is 16.1 Å². The van der Waals surface area contributed by atoms with Crippen molar-refractivity contribution in [1.82, 2.24) is 10.2 Å². The number of hydrogen-bond donors (Lipinski definition) is 1. The van der Waals surface area contributed by atoms with E-state index in [9.17, 15) is 9.59 Å². The third-order valence-electron chi connectivity index (χ3n) is 3.56. The number of likely N-dealkylation sites (N-methyl/N-ethyl adjacent to an activating group) is 1. The first-order chi connectivity index (χ1) is 10.8. The van der Waals surface area contributed by atoms with Crippen LogP contribution < -0.4 is 14.8 Å². The highest BCUT2D eigenvalue weighted by Gasteiger charge is 2.26. The number of carbonyl (C=O) groups excluding carboxylic acids is 2. The molecule has 0 radical (unpaired) electrons. The Bertz CT molecular complexity index is 558. The first-order valence-electron chi connectivity index (χ1n) is 7.53. The molecule has 128 valence electrons. The van der Waals surface area contributed by atoms with Gasteiger partial charge in [-0.2, -0.15) is 0 Å². The predicted molar refractivity (Wildman–Crippen MR) is 88.5 cm³/mol. The summed E-state index contributed by atoms with van der Waals surface area (Å²) < 4.78 is 10.7. The van der Waals surface area contributed by atoms with Gasteiger partial charge in [-0.15, -0.1) is 0 Å². The van der Waals surface area contributed by atoms with Gasteiger partial charge in [0.2, 0.25) is 11.8 Å². The van der Waals surface area contributed by atoms with E-state index < -0.39 is 6.04 Å². The lowest BCUT2D eigenvalue weighted by Crippen LogP contribution is -2.49. The van der Waals surface area contributed by atoms with Gasteiger partial charge in [-0.05, 0) is 12.0 Å². The maximum absolute atomic E-state index is 12.6. The van der Waals surface area contributed by atoms with Crippen LogP contribution in [0, 0.1) is 5.92 Å². The lowest BCUT2D eigenvalue weighted by atomic mass is 10.0. The molecule has 0 aliphatic rings. The van der Waals surface area contributed by atoms with Crippen molar-refractivity contribution in [2.75, 3.05) is 21.3 Å². The lowest BCUT2D eigenvalue weighted by Gasteiger charge is -2.27. The van der Waals surface area contributed by atoms with Crippen molar-refractivity contribution in [1.29, 1.82) is 0 Å². The Morgan fingerprint density at radius 1 is 1.22 bits per heavy atom. The number of rotatable bonds is 7. The van der Waals surface area contributed by atoms with Crippen molar-refractivity contribution < 1.29 is 19.1 Å². The maximum Gasteiger partial charge on any atom is 0.245 e. The number of hydrogen-bond acceptors (Lipinski definition) is 4. The molecular formula is C17H26N2O4. The maximum atomic E-state index is 12.6. The minimum atomic E-state index is -0.547. The molecule has 1 N–H and O–H groups in total. The minimum absolute atomic E-state index is 0.000977. The van der Waals surface area contributed by atoms with Gasteiger partial charge in [-0.3, -0.25) is 9.59 Å². The first-order valence-corrected chi connectivity index (χ1v) is 7.53. The predicted octanol–water partition coefficient (Wildman–Crippen LogP) is 1.82. The van der Waals surface area contributed by atoms with Crippen molar-refractivity contribution in [2.45, 2.75) is 33.4 Å². The van der Waals surface area contributed by atoms with Gasteiger partial charge in [0.15, 0.2) is 11.5 Å². The summed E-state index contributed by atoms with van der Waals surface area (Å²) in [5.74, 6) is 0.869. The highest BCUT2D eigenvalue weighted by molar-refractivity contribution is 5.87. The van der Waals surface area contributed by atoms with E-state index >= 15 is 0 Å². The average molecular weight is 322 g/mol. The fourth-order valence-corrected chi connectivity index (χ4v) is 2.38. The molecule has 1 atom stereocenters. The third kappa shape index (κ3) is 4.87. The molecule has 0 bridgehead atoms. The molecule has 1 rings (SSSR count). The summed E-state index contributed by atoms with van der Waals surface area (Å²) in [5.41, 5.74) is 0.841. The zero-order chi connectivity index (χ0) is 17.6. The van der Waals surface area contributed by atoms with E-state index in [4.69, 9.17) is 9.47 Å². The largest absolute Gasteiger partial charge is 0.493 e. The Hall–Kier alpha value is -2.24. The molecule has 0 saturated carbocycles. The molecule has 6 heteroatoms. The second-order valence-electron chi connectivity index (χ2n) is 5.77. The van der Waals surface area contributed by atoms with Crippen LogP contribution in [0.5, 0.6) is 11.5 Å². The zero-order valence-corrected chi connectivity index (χ0v) is 14.7. The van der Waals surface area contributed by atoms with Crippen LogP contribution in [0.2, 0.25) is 0 Å². The number of carbonyl (C=O) groups is 2. The number of benzene rings is 1. The van der Waals surface area contributed by atoms with Crippen LogP contribution in [0.4, 0.5) is 0 Å². The van der Waals surface area contributed by atoms with Gasteiger partial charge < -0.3 is 19.7 Å². The van der Waals surface area contributed by atoms with Crippen LogP contribution in [0.1, 0.15) is 26.3 Å². The van der Waals surface area contributed by atoms with E-state index in [-0.39, 0.29) is 17.7 Å². The van der Waals surface area contributed by atoms with Crippen LogP contribution in [0.3, 0.4) is 0 Å². The fourth-order valence-electron chi connectivity index (χ4n) is 2.38. The number of methoxy groups -OCH3 is 2. The van der Waals surface area contributed by atoms with Crippen molar-refractivity contribution in [2.24, 2.45) is 5.92 Å². The van der Waals surface area contributed by atoms with E-state index in [1.807, 2.05) is 26.0 Å². The van der Waals surface area contributed by atoms with Crippen molar-refractivity contribution in [3.8, 4) is 11.5 Å². The van der Waals surface area contributed by atoms with E-state index in [1.165, 1.54) is 6.92 Å². The topological polar surface area (TPSA) is 67.9 Å². The Balaban J connectivity index is 2.96. The summed E-state index contributed by atoms with van der Waals surface area (Å²) in [6, 6.07) is 4.99. The van der Waals surface area contributed by atoms with Crippen LogP contribution in [-0.4, -0.2) is 44.0 Å². The number of ether oxygens (including phenoxy) is 2. The lowest BCUT2D eigenvalue weighted by molar-refractivity contribution is -0.136. The number of nitrogens with zero attached hydrogens (tertiary/aromatic N) is 1. The summed E-state index contributed by atoms with van der Waals surface area (Å²) in [4.78, 5) is 25.5. The van der Waals surface area contributed by atoms with Crippen molar-refractivity contribution in [3.05, 3.63) is 23.8 Å². The van der Waals surface area contributed by atoms with Gasteiger partial charge in [0, 0.05) is 26.1 Å². The van der Waals surface area contributed by atoms with Gasteiger partial charge in [-0.1, -0.05) is 26.0 Å². The van der Waals surface area contributed by atoms with E-state index in [2.05, 4.69) is 5.32 Å². The Labute approximate surface area is 137 Å². The molecule has 0 aromatic heterocycles. The van der Waals surface area contributed by atoms with E-state index in [0.29, 0.717) is 18.0 Å². The smallest absolute Gasteiger partial charge is 0.245 e. The fraction of sp³-hybridized carbons (Fsp3) is 0.529. The van der Waals surface area contributed by atoms with Gasteiger partial charge in [0.05, 0.1) is 14.2 Å². The van der Waals surface area contributed by atoms with E-state index in [1.54, 1.807) is 32.2 Å². The standard InChI is InChI=1S/C17H26N2O4/c1-11(2)15(18-12(3)20)17(21)19(4)10-13-8-7-9-14(22-5)16(13)23-6/h7-9,11,15H,10H2,1-6H3,(H,18,20). The summed E-state index contributed by atoms with van der Waals surface area (Å²) >= 11 is 0. The number of para-hydroxylation sites is 1. The van der Waals surface area contributed by atoms with Crippen LogP contribution >= 0.6 is 0 Å². The van der Waals surface area contributed by atoms with Crippen LogP contribution in [0.15, 0.2) is 18.2 Å². The molecule has 6 nitrogen and oxygen atoms in total. The molecule has 1 aromatic rings. The summed E-state index contributed by atoms with van der Waals surface area (Å²) in [5, 5.41) is 2.71. The molecule has 0 heterocycles. The number of nitrogens with one attached hydrogen (secondary N) is 1. The minimum Gasteiger partial charge on any atom is -0.493 e. The normalized spacial score (nSPS) is 11.8. The summed E-state index contributed by atoms with van der Waals surface area (Å²) in [7, 11) is 4.85. The molecule has 23 heavy (non-hydrogen) atoms. The Morgan fingerprint density at radius 3 is 2.35 bits per heavy atom. The SMILES string of the molecule is COc1cccc(CN(C)C(=O)C(NC(C)=O)C(C)C)c1OC. The molecule has 0 spiro atoms. The monoisotopic (exact) mass is 322 g/mol. The molecule has 0 aliphatic carbocycles. The molecule has 1 unspecified atom stereocenters. The molecule has 0 fully saturated rings. The summed E-state index contributed by atoms with van der Waals surface area (Å²) in [6.45, 7) is 5.58. The van der Waals surface area contributed by atoms with Gasteiger partial charge in [0.1, 0.15) is 6.04 Å². The Kier molecular flexibility index (Phi) is 6.88. The zero-order valence-electron chi connectivity index (χ0n) is 14.7. The highest BCUT2D eigenvalue weighted by Crippen LogP contribution is 2.31. The van der Waals surface area contributed by atoms with Gasteiger partial charge in [0.25, 0.3) is 0 Å². The molecule has 2 amide bonds. The Morgan fingerprint density at radius 2 is 1.87 bits per heavy atom. The average Bonchev–Trinajstić information content (AvgIpc) is 2.51. The second-order valence-corrected chi connectivity index (χ2v) is 5.77. The summed E-state index contributed by atoms with van der Waals surface area (Å²) in [6.07, 6.45) is 0. The number of amides is 2. The van der Waals surface area contributed by atoms with Gasteiger partial charge >= 0.3 is 0 Å². The highest BCUT2D eigenvalue weighted by atomic mass is 16.5. The van der Waals surface area contributed by atoms with Crippen molar-refractivity contribution >= 4 is 11.8 Å². The molecule has 0 saturated heterocycles. The third-order valence-corrected chi connectivity index (χ3v) is 3.56.